The first-order valence-corrected chi connectivity index (χ1v) is 16.1. The Morgan fingerprint density at radius 3 is 2.20 bits per heavy atom. The molecule has 45 heavy (non-hydrogen) atoms. The van der Waals surface area contributed by atoms with Gasteiger partial charge in [-0.05, 0) is 55.3 Å². The van der Waals surface area contributed by atoms with Crippen molar-refractivity contribution in [2.24, 2.45) is 0 Å². The SMILES string of the molecule is CCCCNC(=O)C(C)N(Cc1cccc(Cl)c1)C(=O)CN(c1cc(OC)ccc1OC)S(=O)(=O)c1ccc(OC)c(OC)c1. The summed E-state index contributed by atoms with van der Waals surface area (Å²) in [7, 11) is 1.21. The van der Waals surface area contributed by atoms with Crippen LogP contribution in [0.3, 0.4) is 0 Å². The van der Waals surface area contributed by atoms with Gasteiger partial charge in [-0.3, -0.25) is 13.9 Å². The Labute approximate surface area is 270 Å². The molecular formula is C32H40ClN3O8S. The fourth-order valence-electron chi connectivity index (χ4n) is 4.56. The summed E-state index contributed by atoms with van der Waals surface area (Å²) in [6.07, 6.45) is 1.65. The van der Waals surface area contributed by atoms with Crippen LogP contribution in [0.1, 0.15) is 32.3 Å². The lowest BCUT2D eigenvalue weighted by Crippen LogP contribution is -2.51. The molecule has 11 nitrogen and oxygen atoms in total. The van der Waals surface area contributed by atoms with Crippen molar-refractivity contribution in [2.45, 2.75) is 44.2 Å². The predicted molar refractivity (Wildman–Crippen MR) is 173 cm³/mol. The lowest BCUT2D eigenvalue weighted by Gasteiger charge is -2.32. The van der Waals surface area contributed by atoms with Crippen molar-refractivity contribution in [3.05, 3.63) is 71.2 Å². The molecule has 13 heteroatoms. The van der Waals surface area contributed by atoms with E-state index in [1.54, 1.807) is 43.3 Å². The van der Waals surface area contributed by atoms with Gasteiger partial charge in [0.2, 0.25) is 11.8 Å². The number of methoxy groups -OCH3 is 4. The van der Waals surface area contributed by atoms with E-state index in [0.717, 1.165) is 17.1 Å². The molecule has 1 atom stereocenters. The molecule has 3 aromatic rings. The Bertz CT molecular complexity index is 1580. The minimum absolute atomic E-state index is 0.00124. The molecule has 0 spiro atoms. The second-order valence-corrected chi connectivity index (χ2v) is 12.3. The lowest BCUT2D eigenvalue weighted by atomic mass is 10.1. The van der Waals surface area contributed by atoms with E-state index in [1.807, 2.05) is 6.92 Å². The largest absolute Gasteiger partial charge is 0.497 e. The smallest absolute Gasteiger partial charge is 0.265 e. The third-order valence-electron chi connectivity index (χ3n) is 7.12. The van der Waals surface area contributed by atoms with E-state index >= 15 is 0 Å². The number of rotatable bonds is 16. The van der Waals surface area contributed by atoms with Gasteiger partial charge in [0.15, 0.2) is 11.5 Å². The van der Waals surface area contributed by atoms with Crippen molar-refractivity contribution in [1.82, 2.24) is 10.2 Å². The summed E-state index contributed by atoms with van der Waals surface area (Å²) in [5.74, 6) is 0.0230. The molecule has 3 aromatic carbocycles. The first-order valence-electron chi connectivity index (χ1n) is 14.3. The normalized spacial score (nSPS) is 11.7. The van der Waals surface area contributed by atoms with Crippen molar-refractivity contribution in [1.29, 1.82) is 0 Å². The van der Waals surface area contributed by atoms with E-state index in [9.17, 15) is 18.0 Å². The average Bonchev–Trinajstić information content (AvgIpc) is 3.04. The minimum atomic E-state index is -4.45. The Hall–Kier alpha value is -4.16. The van der Waals surface area contributed by atoms with Crippen LogP contribution in [0.25, 0.3) is 0 Å². The first kappa shape index (κ1) is 35.3. The number of sulfonamides is 1. The summed E-state index contributed by atoms with van der Waals surface area (Å²) in [5.41, 5.74) is 0.722. The van der Waals surface area contributed by atoms with Crippen LogP contribution in [0.4, 0.5) is 5.69 Å². The molecule has 0 aliphatic rings. The maximum absolute atomic E-state index is 14.4. The molecule has 1 N–H and O–H groups in total. The van der Waals surface area contributed by atoms with Gasteiger partial charge in [0, 0.05) is 30.2 Å². The molecule has 0 radical (unpaired) electrons. The van der Waals surface area contributed by atoms with Crippen LogP contribution in [0.15, 0.2) is 65.6 Å². The zero-order valence-corrected chi connectivity index (χ0v) is 27.9. The topological polar surface area (TPSA) is 124 Å². The fraction of sp³-hybridized carbons (Fsp3) is 0.375. The summed E-state index contributed by atoms with van der Waals surface area (Å²) < 4.78 is 51.2. The van der Waals surface area contributed by atoms with Gasteiger partial charge in [-0.15, -0.1) is 0 Å². The van der Waals surface area contributed by atoms with Crippen LogP contribution >= 0.6 is 11.6 Å². The highest BCUT2D eigenvalue weighted by Crippen LogP contribution is 2.37. The number of ether oxygens (including phenoxy) is 4. The Morgan fingerprint density at radius 1 is 0.889 bits per heavy atom. The van der Waals surface area contributed by atoms with Gasteiger partial charge in [-0.1, -0.05) is 37.1 Å². The van der Waals surface area contributed by atoms with Crippen molar-refractivity contribution in [3.8, 4) is 23.0 Å². The quantitative estimate of drug-likeness (QED) is 0.215. The van der Waals surface area contributed by atoms with Gasteiger partial charge >= 0.3 is 0 Å². The number of carbonyl (C=O) groups is 2. The number of hydrogen-bond acceptors (Lipinski definition) is 8. The van der Waals surface area contributed by atoms with Gasteiger partial charge < -0.3 is 29.2 Å². The highest BCUT2D eigenvalue weighted by molar-refractivity contribution is 7.92. The van der Waals surface area contributed by atoms with Crippen molar-refractivity contribution in [3.63, 3.8) is 0 Å². The molecule has 1 unspecified atom stereocenters. The third kappa shape index (κ3) is 8.73. The summed E-state index contributed by atoms with van der Waals surface area (Å²) >= 11 is 6.22. The number of nitrogens with zero attached hydrogens (tertiary/aromatic N) is 2. The molecule has 0 heterocycles. The van der Waals surface area contributed by atoms with Gasteiger partial charge in [0.25, 0.3) is 10.0 Å². The zero-order chi connectivity index (χ0) is 33.1. The first-order chi connectivity index (χ1) is 21.5. The monoisotopic (exact) mass is 661 g/mol. The molecule has 0 saturated heterocycles. The highest BCUT2D eigenvalue weighted by atomic mass is 35.5. The molecule has 0 aliphatic carbocycles. The molecule has 0 aromatic heterocycles. The van der Waals surface area contributed by atoms with Crippen molar-refractivity contribution < 1.29 is 37.0 Å². The Morgan fingerprint density at radius 2 is 1.58 bits per heavy atom. The average molecular weight is 662 g/mol. The van der Waals surface area contributed by atoms with Crippen LogP contribution in [-0.2, 0) is 26.2 Å². The molecule has 244 valence electrons. The second kappa shape index (κ2) is 16.2. The van der Waals surface area contributed by atoms with Crippen LogP contribution in [0.2, 0.25) is 5.02 Å². The summed E-state index contributed by atoms with van der Waals surface area (Å²) in [6.45, 7) is 3.38. The summed E-state index contributed by atoms with van der Waals surface area (Å²) in [5, 5.41) is 3.32. The summed E-state index contributed by atoms with van der Waals surface area (Å²) in [4.78, 5) is 28.6. The van der Waals surface area contributed by atoms with E-state index in [-0.39, 0.29) is 34.5 Å². The van der Waals surface area contributed by atoms with Crippen LogP contribution < -0.4 is 28.6 Å². The number of nitrogens with one attached hydrogen (secondary N) is 1. The number of benzene rings is 3. The van der Waals surface area contributed by atoms with Gasteiger partial charge in [0.05, 0.1) is 39.0 Å². The maximum Gasteiger partial charge on any atom is 0.265 e. The van der Waals surface area contributed by atoms with E-state index in [0.29, 0.717) is 28.6 Å². The number of hydrogen-bond donors (Lipinski definition) is 1. The number of amides is 2. The molecule has 0 bridgehead atoms. The van der Waals surface area contributed by atoms with Crippen molar-refractivity contribution >= 4 is 39.1 Å². The van der Waals surface area contributed by atoms with Crippen LogP contribution in [0.5, 0.6) is 23.0 Å². The summed E-state index contributed by atoms with van der Waals surface area (Å²) in [6, 6.07) is 14.7. The lowest BCUT2D eigenvalue weighted by molar-refractivity contribution is -0.139. The van der Waals surface area contributed by atoms with Gasteiger partial charge in [0.1, 0.15) is 24.1 Å². The highest BCUT2D eigenvalue weighted by Gasteiger charge is 2.34. The molecule has 2 amide bonds. The Kier molecular flexibility index (Phi) is 12.7. The minimum Gasteiger partial charge on any atom is -0.497 e. The van der Waals surface area contributed by atoms with Gasteiger partial charge in [-0.2, -0.15) is 0 Å². The molecule has 0 fully saturated rings. The molecular weight excluding hydrogens is 622 g/mol. The number of carbonyl (C=O) groups excluding carboxylic acids is 2. The van der Waals surface area contributed by atoms with Gasteiger partial charge in [-0.25, -0.2) is 8.42 Å². The van der Waals surface area contributed by atoms with Crippen molar-refractivity contribution in [2.75, 3.05) is 45.8 Å². The van der Waals surface area contributed by atoms with Crippen LogP contribution in [-0.4, -0.2) is 72.7 Å². The molecule has 3 rings (SSSR count). The van der Waals surface area contributed by atoms with E-state index in [4.69, 9.17) is 30.5 Å². The second-order valence-electron chi connectivity index (χ2n) is 10.0. The van der Waals surface area contributed by atoms with E-state index in [1.165, 1.54) is 57.6 Å². The predicted octanol–water partition coefficient (Wildman–Crippen LogP) is 4.90. The standard InChI is InChI=1S/C32H40ClN3O8S/c1-7-8-16-34-32(38)22(2)35(20-23-10-9-11-24(33)17-23)31(37)21-36(27-18-25(41-3)12-14-28(27)42-4)45(39,40)26-13-15-29(43-5)30(19-26)44-6/h9-15,17-19,22H,7-8,16,20-21H2,1-6H3,(H,34,38). The number of anilines is 1. The number of halogens is 1. The van der Waals surface area contributed by atoms with Crippen LogP contribution in [0, 0.1) is 0 Å². The maximum atomic E-state index is 14.4. The fourth-order valence-corrected chi connectivity index (χ4v) is 6.21. The van der Waals surface area contributed by atoms with E-state index in [2.05, 4.69) is 5.32 Å². The molecule has 0 aliphatic heterocycles. The Balaban J connectivity index is 2.15. The number of unbranched alkanes of at least 4 members (excludes halogenated alkanes) is 1. The third-order valence-corrected chi connectivity index (χ3v) is 9.11. The molecule has 0 saturated carbocycles. The zero-order valence-electron chi connectivity index (χ0n) is 26.3. The van der Waals surface area contributed by atoms with E-state index < -0.39 is 28.5 Å².